The number of benzene rings is 1. The third-order valence-electron chi connectivity index (χ3n) is 2.63. The number of nitrogens with two attached hydrogens (primary N) is 1. The lowest BCUT2D eigenvalue weighted by atomic mass is 9.95. The van der Waals surface area contributed by atoms with Gasteiger partial charge in [-0.1, -0.05) is 26.0 Å². The van der Waals surface area contributed by atoms with Gasteiger partial charge in [0.05, 0.1) is 12.1 Å². The van der Waals surface area contributed by atoms with E-state index in [1.165, 1.54) is 24.3 Å². The Bertz CT molecular complexity index is 390. The highest BCUT2D eigenvalue weighted by atomic mass is 19.4. The van der Waals surface area contributed by atoms with Crippen molar-refractivity contribution in [1.82, 2.24) is 0 Å². The summed E-state index contributed by atoms with van der Waals surface area (Å²) in [5.41, 5.74) is 6.42. The van der Waals surface area contributed by atoms with E-state index in [1.54, 1.807) is 0 Å². The zero-order valence-electron chi connectivity index (χ0n) is 10.8. The summed E-state index contributed by atoms with van der Waals surface area (Å²) in [5, 5.41) is 9.86. The Labute approximate surface area is 110 Å². The van der Waals surface area contributed by atoms with Crippen molar-refractivity contribution in [3.8, 4) is 5.75 Å². The monoisotopic (exact) mass is 277 g/mol. The van der Waals surface area contributed by atoms with Gasteiger partial charge in [-0.25, -0.2) is 0 Å². The van der Waals surface area contributed by atoms with Crippen molar-refractivity contribution in [2.24, 2.45) is 11.7 Å². The van der Waals surface area contributed by atoms with Gasteiger partial charge < -0.3 is 15.6 Å². The van der Waals surface area contributed by atoms with Crippen LogP contribution in [0.15, 0.2) is 24.3 Å². The van der Waals surface area contributed by atoms with Gasteiger partial charge in [-0.05, 0) is 30.0 Å². The summed E-state index contributed by atoms with van der Waals surface area (Å²) in [5.74, 6) is -0.0179. The summed E-state index contributed by atoms with van der Waals surface area (Å²) in [6, 6.07) is 4.60. The maximum atomic E-state index is 12.0. The van der Waals surface area contributed by atoms with Crippen molar-refractivity contribution < 1.29 is 23.0 Å². The first-order chi connectivity index (χ1) is 8.69. The maximum absolute atomic E-state index is 12.0. The highest BCUT2D eigenvalue weighted by Gasteiger charge is 2.31. The number of ether oxygens (including phenoxy) is 1. The Hall–Kier alpha value is -1.27. The Kier molecular flexibility index (Phi) is 5.20. The Morgan fingerprint density at radius 3 is 2.16 bits per heavy atom. The fourth-order valence-electron chi connectivity index (χ4n) is 1.74. The van der Waals surface area contributed by atoms with Crippen LogP contribution in [0.3, 0.4) is 0 Å². The zero-order chi connectivity index (χ0) is 14.6. The van der Waals surface area contributed by atoms with Crippen LogP contribution in [0.25, 0.3) is 0 Å². The van der Waals surface area contributed by atoms with Crippen LogP contribution in [0, 0.1) is 5.92 Å². The van der Waals surface area contributed by atoms with Gasteiger partial charge in [0, 0.05) is 0 Å². The predicted molar refractivity (Wildman–Crippen MR) is 65.5 cm³/mol. The molecule has 3 nitrogen and oxygen atoms in total. The summed E-state index contributed by atoms with van der Waals surface area (Å²) < 4.78 is 39.7. The molecule has 0 spiro atoms. The van der Waals surface area contributed by atoms with E-state index in [9.17, 15) is 18.3 Å². The van der Waals surface area contributed by atoms with E-state index in [2.05, 4.69) is 4.74 Å². The van der Waals surface area contributed by atoms with Crippen molar-refractivity contribution in [3.05, 3.63) is 29.8 Å². The van der Waals surface area contributed by atoms with Crippen LogP contribution in [0.4, 0.5) is 13.2 Å². The lowest BCUT2D eigenvalue weighted by molar-refractivity contribution is -0.274. The molecule has 1 aromatic carbocycles. The average Bonchev–Trinajstić information content (AvgIpc) is 2.26. The Morgan fingerprint density at radius 1 is 1.21 bits per heavy atom. The van der Waals surface area contributed by atoms with Crippen LogP contribution in [0.1, 0.15) is 31.9 Å². The third-order valence-corrected chi connectivity index (χ3v) is 2.63. The Balaban J connectivity index is 2.70. The van der Waals surface area contributed by atoms with E-state index in [0.29, 0.717) is 12.0 Å². The molecular formula is C13H18F3NO2. The molecule has 6 heteroatoms. The van der Waals surface area contributed by atoms with Crippen molar-refractivity contribution in [2.45, 2.75) is 38.8 Å². The molecule has 3 N–H and O–H groups in total. The van der Waals surface area contributed by atoms with Crippen LogP contribution >= 0.6 is 0 Å². The van der Waals surface area contributed by atoms with Gasteiger partial charge >= 0.3 is 6.36 Å². The zero-order valence-corrected chi connectivity index (χ0v) is 10.8. The topological polar surface area (TPSA) is 55.5 Å². The summed E-state index contributed by atoms with van der Waals surface area (Å²) in [6.07, 6.45) is -4.91. The minimum Gasteiger partial charge on any atom is -0.406 e. The summed E-state index contributed by atoms with van der Waals surface area (Å²) >= 11 is 0. The summed E-state index contributed by atoms with van der Waals surface area (Å²) in [6.45, 7) is 3.91. The van der Waals surface area contributed by atoms with Gasteiger partial charge in [0.15, 0.2) is 0 Å². The van der Waals surface area contributed by atoms with Crippen molar-refractivity contribution in [3.63, 3.8) is 0 Å². The smallest absolute Gasteiger partial charge is 0.406 e. The second kappa shape index (κ2) is 6.25. The van der Waals surface area contributed by atoms with Crippen LogP contribution in [-0.2, 0) is 0 Å². The molecular weight excluding hydrogens is 259 g/mol. The molecule has 0 radical (unpaired) electrons. The second-order valence-electron chi connectivity index (χ2n) is 4.84. The number of halogens is 3. The van der Waals surface area contributed by atoms with E-state index in [-0.39, 0.29) is 11.7 Å². The molecule has 1 rings (SSSR count). The number of rotatable bonds is 5. The fraction of sp³-hybridized carbons (Fsp3) is 0.538. The Morgan fingerprint density at radius 2 is 1.74 bits per heavy atom. The molecule has 0 fully saturated rings. The summed E-state index contributed by atoms with van der Waals surface area (Å²) in [4.78, 5) is 0. The van der Waals surface area contributed by atoms with Crippen molar-refractivity contribution in [2.75, 3.05) is 0 Å². The maximum Gasteiger partial charge on any atom is 0.573 e. The molecule has 0 aliphatic rings. The van der Waals surface area contributed by atoms with E-state index in [0.717, 1.165) is 0 Å². The van der Waals surface area contributed by atoms with Gasteiger partial charge in [0.1, 0.15) is 5.75 Å². The van der Waals surface area contributed by atoms with E-state index >= 15 is 0 Å². The van der Waals surface area contributed by atoms with Crippen LogP contribution < -0.4 is 10.5 Å². The van der Waals surface area contributed by atoms with Crippen molar-refractivity contribution >= 4 is 0 Å². The number of hydrogen-bond donors (Lipinski definition) is 2. The molecule has 0 unspecified atom stereocenters. The standard InChI is InChI=1S/C13H18F3NO2/c1-8(2)7-11(18)12(17)9-3-5-10(6-4-9)19-13(14,15)16/h3-6,8,11-12,18H,7,17H2,1-2H3/t11-,12+/m1/s1. The normalized spacial score (nSPS) is 15.4. The van der Waals surface area contributed by atoms with Crippen LogP contribution in [0.5, 0.6) is 5.75 Å². The molecule has 0 saturated heterocycles. The molecule has 0 aliphatic carbocycles. The lowest BCUT2D eigenvalue weighted by Crippen LogP contribution is -2.27. The molecule has 2 atom stereocenters. The first-order valence-corrected chi connectivity index (χ1v) is 5.98. The quantitative estimate of drug-likeness (QED) is 0.870. The molecule has 108 valence electrons. The number of aliphatic hydroxyl groups excluding tert-OH is 1. The van der Waals surface area contributed by atoms with E-state index < -0.39 is 18.5 Å². The molecule has 0 saturated carbocycles. The van der Waals surface area contributed by atoms with Crippen LogP contribution in [-0.4, -0.2) is 17.6 Å². The molecule has 1 aromatic rings. The van der Waals surface area contributed by atoms with E-state index in [4.69, 9.17) is 5.73 Å². The van der Waals surface area contributed by atoms with Gasteiger partial charge in [-0.15, -0.1) is 13.2 Å². The minimum atomic E-state index is -4.71. The van der Waals surface area contributed by atoms with Crippen molar-refractivity contribution in [1.29, 1.82) is 0 Å². The molecule has 0 aliphatic heterocycles. The molecule has 0 heterocycles. The van der Waals surface area contributed by atoms with Gasteiger partial charge in [0.2, 0.25) is 0 Å². The lowest BCUT2D eigenvalue weighted by Gasteiger charge is -2.21. The van der Waals surface area contributed by atoms with Crippen LogP contribution in [0.2, 0.25) is 0 Å². The highest BCUT2D eigenvalue weighted by Crippen LogP contribution is 2.25. The van der Waals surface area contributed by atoms with Gasteiger partial charge in [-0.2, -0.15) is 0 Å². The molecule has 0 amide bonds. The molecule has 0 bridgehead atoms. The molecule has 19 heavy (non-hydrogen) atoms. The summed E-state index contributed by atoms with van der Waals surface area (Å²) in [7, 11) is 0. The predicted octanol–water partition coefficient (Wildman–Crippen LogP) is 2.99. The number of aliphatic hydroxyl groups is 1. The molecule has 0 aromatic heterocycles. The highest BCUT2D eigenvalue weighted by molar-refractivity contribution is 5.29. The first-order valence-electron chi connectivity index (χ1n) is 5.98. The number of hydrogen-bond acceptors (Lipinski definition) is 3. The first kappa shape index (κ1) is 15.8. The average molecular weight is 277 g/mol. The van der Waals surface area contributed by atoms with Gasteiger partial charge in [0.25, 0.3) is 0 Å². The largest absolute Gasteiger partial charge is 0.573 e. The third kappa shape index (κ3) is 5.48. The minimum absolute atomic E-state index is 0.286. The second-order valence-corrected chi connectivity index (χ2v) is 4.84. The van der Waals surface area contributed by atoms with E-state index in [1.807, 2.05) is 13.8 Å². The van der Waals surface area contributed by atoms with Gasteiger partial charge in [-0.3, -0.25) is 0 Å². The fourth-order valence-corrected chi connectivity index (χ4v) is 1.74. The number of alkyl halides is 3. The SMILES string of the molecule is CC(C)C[C@@H](O)[C@@H](N)c1ccc(OC(F)(F)F)cc1.